The molecule has 2 N–H and O–H groups in total. The van der Waals surface area contributed by atoms with Crippen LogP contribution in [0.5, 0.6) is 0 Å². The smallest absolute Gasteiger partial charge is 0.168 e. The molecule has 0 radical (unpaired) electrons. The van der Waals surface area contributed by atoms with Crippen LogP contribution >= 0.6 is 11.8 Å². The van der Waals surface area contributed by atoms with E-state index < -0.39 is 0 Å². The summed E-state index contributed by atoms with van der Waals surface area (Å²) >= 11 is 1.82. The largest absolute Gasteiger partial charge is 0.325 e. The van der Waals surface area contributed by atoms with Crippen molar-refractivity contribution in [2.45, 2.75) is 38.0 Å². The van der Waals surface area contributed by atoms with Gasteiger partial charge < -0.3 is 10.3 Å². The van der Waals surface area contributed by atoms with E-state index in [1.807, 2.05) is 11.8 Å². The second-order valence-electron chi connectivity index (χ2n) is 5.17. The molecule has 0 atom stereocenters. The van der Waals surface area contributed by atoms with Gasteiger partial charge in [-0.25, -0.2) is 4.98 Å². The minimum Gasteiger partial charge on any atom is -0.325 e. The predicted octanol–water partition coefficient (Wildman–Crippen LogP) is 3.24. The summed E-state index contributed by atoms with van der Waals surface area (Å²) in [6, 6.07) is 8.71. The highest BCUT2D eigenvalue weighted by molar-refractivity contribution is 7.99. The molecule has 2 aromatic rings. The van der Waals surface area contributed by atoms with Crippen molar-refractivity contribution in [2.24, 2.45) is 5.73 Å². The Labute approximate surface area is 118 Å². The molecule has 1 aliphatic heterocycles. The van der Waals surface area contributed by atoms with Crippen LogP contribution < -0.4 is 5.73 Å². The van der Waals surface area contributed by atoms with Gasteiger partial charge in [0.2, 0.25) is 0 Å². The lowest BCUT2D eigenvalue weighted by atomic mass is 10.0. The number of hydrogen-bond donors (Lipinski definition) is 1. The number of hydrogen-bond acceptors (Lipinski definition) is 3. The second-order valence-corrected chi connectivity index (χ2v) is 6.23. The van der Waals surface area contributed by atoms with Crippen LogP contribution in [0.4, 0.5) is 0 Å². The SMILES string of the molecule is CC(C)c1ccc(-c2nc3n(c2CN)CCS3)cc1. The lowest BCUT2D eigenvalue weighted by molar-refractivity contribution is 0.678. The van der Waals surface area contributed by atoms with E-state index in [1.54, 1.807) is 0 Å². The third-order valence-electron chi connectivity index (χ3n) is 3.63. The van der Waals surface area contributed by atoms with Gasteiger partial charge in [0.05, 0.1) is 11.4 Å². The van der Waals surface area contributed by atoms with Gasteiger partial charge in [-0.1, -0.05) is 49.9 Å². The Morgan fingerprint density at radius 3 is 2.68 bits per heavy atom. The van der Waals surface area contributed by atoms with E-state index in [-0.39, 0.29) is 0 Å². The lowest BCUT2D eigenvalue weighted by Gasteiger charge is -2.08. The van der Waals surface area contributed by atoms with E-state index >= 15 is 0 Å². The van der Waals surface area contributed by atoms with E-state index in [4.69, 9.17) is 10.7 Å². The molecule has 100 valence electrons. The zero-order chi connectivity index (χ0) is 13.4. The zero-order valence-corrected chi connectivity index (χ0v) is 12.2. The van der Waals surface area contributed by atoms with Crippen molar-refractivity contribution in [3.63, 3.8) is 0 Å². The Morgan fingerprint density at radius 2 is 2.05 bits per heavy atom. The molecule has 0 amide bonds. The van der Waals surface area contributed by atoms with Crippen molar-refractivity contribution in [1.82, 2.24) is 9.55 Å². The van der Waals surface area contributed by atoms with Crippen LogP contribution in [0.1, 0.15) is 31.0 Å². The zero-order valence-electron chi connectivity index (χ0n) is 11.4. The van der Waals surface area contributed by atoms with Gasteiger partial charge in [-0.05, 0) is 11.5 Å². The van der Waals surface area contributed by atoms with Crippen LogP contribution in [0.25, 0.3) is 11.3 Å². The first-order valence-corrected chi connectivity index (χ1v) is 7.72. The quantitative estimate of drug-likeness (QED) is 0.933. The van der Waals surface area contributed by atoms with Gasteiger partial charge >= 0.3 is 0 Å². The van der Waals surface area contributed by atoms with Crippen molar-refractivity contribution in [3.8, 4) is 11.3 Å². The fourth-order valence-electron chi connectivity index (χ4n) is 2.50. The van der Waals surface area contributed by atoms with E-state index in [0.717, 1.165) is 28.8 Å². The van der Waals surface area contributed by atoms with Crippen LogP contribution in [0.3, 0.4) is 0 Å². The molecule has 0 unspecified atom stereocenters. The molecule has 1 aromatic carbocycles. The van der Waals surface area contributed by atoms with Crippen molar-refractivity contribution in [2.75, 3.05) is 5.75 Å². The highest BCUT2D eigenvalue weighted by Crippen LogP contribution is 2.33. The van der Waals surface area contributed by atoms with Gasteiger partial charge in [-0.15, -0.1) is 0 Å². The standard InChI is InChI=1S/C15H19N3S/c1-10(2)11-3-5-12(6-4-11)14-13(9-16)18-7-8-19-15(18)17-14/h3-6,10H,7-9,16H2,1-2H3. The molecule has 0 bridgehead atoms. The first-order valence-electron chi connectivity index (χ1n) is 6.73. The van der Waals surface area contributed by atoms with Gasteiger partial charge in [0, 0.05) is 24.4 Å². The molecule has 4 heteroatoms. The van der Waals surface area contributed by atoms with Gasteiger partial charge in [0.1, 0.15) is 0 Å². The number of fused-ring (bicyclic) bond motifs is 1. The highest BCUT2D eigenvalue weighted by Gasteiger charge is 2.21. The van der Waals surface area contributed by atoms with Crippen LogP contribution in [0.15, 0.2) is 29.4 Å². The van der Waals surface area contributed by atoms with Gasteiger partial charge in [0.25, 0.3) is 0 Å². The van der Waals surface area contributed by atoms with Crippen molar-refractivity contribution in [1.29, 1.82) is 0 Å². The number of thioether (sulfide) groups is 1. The molecule has 0 aliphatic carbocycles. The number of benzene rings is 1. The Balaban J connectivity index is 2.02. The lowest BCUT2D eigenvalue weighted by Crippen LogP contribution is -2.07. The molecule has 0 fully saturated rings. The Hall–Kier alpha value is -1.26. The molecule has 2 heterocycles. The van der Waals surface area contributed by atoms with Gasteiger partial charge in [0.15, 0.2) is 5.16 Å². The minimum absolute atomic E-state index is 0.550. The van der Waals surface area contributed by atoms with E-state index in [1.165, 1.54) is 11.1 Å². The summed E-state index contributed by atoms with van der Waals surface area (Å²) in [5.41, 5.74) is 10.7. The average Bonchev–Trinajstić information content (AvgIpc) is 2.98. The maximum absolute atomic E-state index is 5.91. The van der Waals surface area contributed by atoms with Crippen LogP contribution in [-0.4, -0.2) is 15.3 Å². The number of rotatable bonds is 3. The van der Waals surface area contributed by atoms with E-state index in [0.29, 0.717) is 12.5 Å². The van der Waals surface area contributed by atoms with Gasteiger partial charge in [-0.2, -0.15) is 0 Å². The first-order chi connectivity index (χ1) is 9.20. The number of nitrogens with zero attached hydrogens (tertiary/aromatic N) is 2. The summed E-state index contributed by atoms with van der Waals surface area (Å²) in [4.78, 5) is 4.75. The molecule has 0 saturated heterocycles. The summed E-state index contributed by atoms with van der Waals surface area (Å²) in [5, 5.41) is 1.11. The highest BCUT2D eigenvalue weighted by atomic mass is 32.2. The van der Waals surface area contributed by atoms with Crippen LogP contribution in [0.2, 0.25) is 0 Å². The monoisotopic (exact) mass is 273 g/mol. The minimum atomic E-state index is 0.550. The third-order valence-corrected chi connectivity index (χ3v) is 4.58. The van der Waals surface area contributed by atoms with Crippen molar-refractivity contribution < 1.29 is 0 Å². The van der Waals surface area contributed by atoms with Crippen molar-refractivity contribution in [3.05, 3.63) is 35.5 Å². The van der Waals surface area contributed by atoms with Crippen LogP contribution in [0, 0.1) is 0 Å². The fraction of sp³-hybridized carbons (Fsp3) is 0.400. The van der Waals surface area contributed by atoms with Crippen molar-refractivity contribution >= 4 is 11.8 Å². The Morgan fingerprint density at radius 1 is 1.32 bits per heavy atom. The first kappa shape index (κ1) is 12.8. The summed E-state index contributed by atoms with van der Waals surface area (Å²) in [6.07, 6.45) is 0. The molecular weight excluding hydrogens is 254 g/mol. The topological polar surface area (TPSA) is 43.8 Å². The molecule has 19 heavy (non-hydrogen) atoms. The molecule has 3 nitrogen and oxygen atoms in total. The van der Waals surface area contributed by atoms with E-state index in [9.17, 15) is 0 Å². The number of imidazole rings is 1. The number of nitrogens with two attached hydrogens (primary N) is 1. The Bertz CT molecular complexity index is 584. The second kappa shape index (κ2) is 5.02. The average molecular weight is 273 g/mol. The molecule has 3 rings (SSSR count). The van der Waals surface area contributed by atoms with Gasteiger partial charge in [-0.3, -0.25) is 0 Å². The summed E-state index contributed by atoms with van der Waals surface area (Å²) in [7, 11) is 0. The summed E-state index contributed by atoms with van der Waals surface area (Å²) in [5.74, 6) is 1.67. The Kier molecular flexibility index (Phi) is 3.37. The summed E-state index contributed by atoms with van der Waals surface area (Å²) < 4.78 is 2.26. The summed E-state index contributed by atoms with van der Waals surface area (Å²) in [6.45, 7) is 6.00. The number of aromatic nitrogens is 2. The molecule has 1 aromatic heterocycles. The third kappa shape index (κ3) is 2.19. The molecule has 0 spiro atoms. The maximum atomic E-state index is 5.91. The normalized spacial score (nSPS) is 14.1. The molecular formula is C15H19N3S. The van der Waals surface area contributed by atoms with E-state index in [2.05, 4.69) is 42.7 Å². The maximum Gasteiger partial charge on any atom is 0.168 e. The molecule has 0 saturated carbocycles. The fourth-order valence-corrected chi connectivity index (χ4v) is 3.47. The predicted molar refractivity (Wildman–Crippen MR) is 80.4 cm³/mol. The van der Waals surface area contributed by atoms with Crippen LogP contribution in [-0.2, 0) is 13.1 Å². The molecule has 1 aliphatic rings.